The molecule has 6 heteroatoms. The van der Waals surface area contributed by atoms with Gasteiger partial charge >= 0.3 is 5.97 Å². The molecule has 25 heavy (non-hydrogen) atoms. The largest absolute Gasteiger partial charge is 0.496 e. The van der Waals surface area contributed by atoms with E-state index in [0.717, 1.165) is 22.1 Å². The van der Waals surface area contributed by atoms with Gasteiger partial charge in [0.2, 0.25) is 5.88 Å². The molecule has 3 rings (SSSR count). The number of fused-ring (bicyclic) bond motifs is 1. The Morgan fingerprint density at radius 1 is 1.48 bits per heavy atom. The summed E-state index contributed by atoms with van der Waals surface area (Å²) in [7, 11) is 1.63. The van der Waals surface area contributed by atoms with Crippen molar-refractivity contribution in [2.24, 2.45) is 0 Å². The van der Waals surface area contributed by atoms with Crippen LogP contribution in [0.1, 0.15) is 18.9 Å². The van der Waals surface area contributed by atoms with Crippen LogP contribution in [0.5, 0.6) is 11.6 Å². The summed E-state index contributed by atoms with van der Waals surface area (Å²) in [6, 6.07) is 5.47. The van der Waals surface area contributed by atoms with Gasteiger partial charge in [0.05, 0.1) is 13.7 Å². The van der Waals surface area contributed by atoms with Crippen LogP contribution in [-0.4, -0.2) is 43.4 Å². The van der Waals surface area contributed by atoms with Crippen molar-refractivity contribution in [2.75, 3.05) is 20.3 Å². The number of rotatable bonds is 6. The number of ether oxygens (including phenoxy) is 3. The quantitative estimate of drug-likeness (QED) is 0.814. The third-order valence-electron chi connectivity index (χ3n) is 4.24. The minimum absolute atomic E-state index is 0.137. The van der Waals surface area contributed by atoms with Gasteiger partial charge in [0.25, 0.3) is 0 Å². The van der Waals surface area contributed by atoms with Crippen molar-refractivity contribution in [1.82, 2.24) is 10.3 Å². The van der Waals surface area contributed by atoms with Crippen LogP contribution < -0.4 is 14.8 Å². The number of esters is 1. The average Bonchev–Trinajstić information content (AvgIpc) is 3.09. The predicted octanol–water partition coefficient (Wildman–Crippen LogP) is 2.56. The molecule has 132 valence electrons. The van der Waals surface area contributed by atoms with Crippen molar-refractivity contribution in [3.63, 3.8) is 0 Å². The van der Waals surface area contributed by atoms with Gasteiger partial charge in [0.15, 0.2) is 0 Å². The number of nitrogens with one attached hydrogen (secondary N) is 1. The minimum atomic E-state index is -0.330. The van der Waals surface area contributed by atoms with Crippen molar-refractivity contribution < 1.29 is 19.0 Å². The number of methoxy groups -OCH3 is 1. The molecule has 2 atom stereocenters. The molecule has 2 aromatic rings. The van der Waals surface area contributed by atoms with Gasteiger partial charge in [-0.3, -0.25) is 4.79 Å². The Balaban J connectivity index is 1.82. The van der Waals surface area contributed by atoms with E-state index in [0.29, 0.717) is 25.5 Å². The number of benzene rings is 1. The Labute approximate surface area is 146 Å². The van der Waals surface area contributed by atoms with Crippen LogP contribution in [0.2, 0.25) is 0 Å². The fraction of sp³-hybridized carbons (Fsp3) is 0.368. The van der Waals surface area contributed by atoms with Gasteiger partial charge in [-0.2, -0.15) is 0 Å². The topological polar surface area (TPSA) is 69.7 Å². The zero-order valence-electron chi connectivity index (χ0n) is 14.5. The van der Waals surface area contributed by atoms with Crippen LogP contribution in [0.15, 0.2) is 31.0 Å². The molecule has 0 unspecified atom stereocenters. The summed E-state index contributed by atoms with van der Waals surface area (Å²) in [5.74, 6) is 1.06. The lowest BCUT2D eigenvalue weighted by atomic mass is 10.1. The maximum absolute atomic E-state index is 11.8. The molecule has 2 heterocycles. The summed E-state index contributed by atoms with van der Waals surface area (Å²) in [5.41, 5.74) is 0.877. The summed E-state index contributed by atoms with van der Waals surface area (Å²) < 4.78 is 16.5. The zero-order valence-corrected chi connectivity index (χ0v) is 14.5. The molecular formula is C19H22N2O4. The first kappa shape index (κ1) is 17.2. The molecule has 1 N–H and O–H groups in total. The Morgan fingerprint density at radius 3 is 3.04 bits per heavy atom. The number of hydrogen-bond acceptors (Lipinski definition) is 6. The molecule has 1 aromatic heterocycles. The molecule has 0 saturated carbocycles. The van der Waals surface area contributed by atoms with Crippen LogP contribution >= 0.6 is 0 Å². The van der Waals surface area contributed by atoms with Gasteiger partial charge in [0.1, 0.15) is 17.9 Å². The maximum Gasteiger partial charge on any atom is 0.323 e. The first-order valence-corrected chi connectivity index (χ1v) is 8.32. The molecule has 6 nitrogen and oxygen atoms in total. The first-order chi connectivity index (χ1) is 12.2. The Kier molecular flexibility index (Phi) is 5.19. The smallest absolute Gasteiger partial charge is 0.323 e. The van der Waals surface area contributed by atoms with Crippen molar-refractivity contribution in [3.05, 3.63) is 36.5 Å². The highest BCUT2D eigenvalue weighted by Gasteiger charge is 2.32. The van der Waals surface area contributed by atoms with Gasteiger partial charge in [-0.25, -0.2) is 4.98 Å². The van der Waals surface area contributed by atoms with Gasteiger partial charge in [-0.15, -0.1) is 0 Å². The Bertz CT molecular complexity index is 790. The van der Waals surface area contributed by atoms with E-state index in [4.69, 9.17) is 14.2 Å². The van der Waals surface area contributed by atoms with Crippen molar-refractivity contribution >= 4 is 22.8 Å². The molecular weight excluding hydrogens is 320 g/mol. The molecule has 1 fully saturated rings. The van der Waals surface area contributed by atoms with Crippen LogP contribution in [0.3, 0.4) is 0 Å². The van der Waals surface area contributed by atoms with E-state index in [2.05, 4.69) is 16.9 Å². The van der Waals surface area contributed by atoms with Crippen LogP contribution in [-0.2, 0) is 9.53 Å². The molecule has 0 aliphatic carbocycles. The Morgan fingerprint density at radius 2 is 2.32 bits per heavy atom. The molecule has 0 spiro atoms. The number of pyridine rings is 1. The second-order valence-electron chi connectivity index (χ2n) is 5.82. The minimum Gasteiger partial charge on any atom is -0.496 e. The maximum atomic E-state index is 11.8. The normalized spacial score (nSPS) is 19.6. The highest BCUT2D eigenvalue weighted by atomic mass is 16.5. The number of carbonyl (C=O) groups is 1. The van der Waals surface area contributed by atoms with Crippen LogP contribution in [0.25, 0.3) is 16.8 Å². The van der Waals surface area contributed by atoms with Crippen molar-refractivity contribution in [2.45, 2.75) is 25.5 Å². The van der Waals surface area contributed by atoms with Gasteiger partial charge in [-0.1, -0.05) is 12.7 Å². The van der Waals surface area contributed by atoms with Crippen molar-refractivity contribution in [3.8, 4) is 11.6 Å². The molecule has 0 bridgehead atoms. The molecule has 1 saturated heterocycles. The molecule has 0 radical (unpaired) electrons. The fourth-order valence-electron chi connectivity index (χ4n) is 2.99. The summed E-state index contributed by atoms with van der Waals surface area (Å²) in [5, 5.41) is 5.00. The summed E-state index contributed by atoms with van der Waals surface area (Å²) in [4.78, 5) is 16.2. The van der Waals surface area contributed by atoms with E-state index in [-0.39, 0.29) is 18.1 Å². The lowest BCUT2D eigenvalue weighted by Gasteiger charge is -2.15. The SMILES string of the molecule is C=Cc1cc2c(O[C@H]3CN[C@H](C(=O)OCC)C3)nccc2cc1OC. The fourth-order valence-corrected chi connectivity index (χ4v) is 2.99. The van der Waals surface area contributed by atoms with Crippen LogP contribution in [0, 0.1) is 0 Å². The highest BCUT2D eigenvalue weighted by Crippen LogP contribution is 2.32. The van der Waals surface area contributed by atoms with E-state index in [9.17, 15) is 4.79 Å². The Hall–Kier alpha value is -2.60. The average molecular weight is 342 g/mol. The van der Waals surface area contributed by atoms with E-state index >= 15 is 0 Å². The van der Waals surface area contributed by atoms with E-state index in [1.807, 2.05) is 18.2 Å². The second-order valence-corrected chi connectivity index (χ2v) is 5.82. The van der Waals surface area contributed by atoms with Gasteiger partial charge < -0.3 is 19.5 Å². The number of carbonyl (C=O) groups excluding carboxylic acids is 1. The predicted molar refractivity (Wildman–Crippen MR) is 95.8 cm³/mol. The standard InChI is InChI=1S/C19H22N2O4/c1-4-12-8-15-13(9-17(12)23-3)6-7-20-18(15)25-14-10-16(21-11-14)19(22)24-5-2/h4,6-9,14,16,21H,1,5,10-11H2,2-3H3/t14-,16+/m1/s1. The monoisotopic (exact) mass is 342 g/mol. The van der Waals surface area contributed by atoms with E-state index in [1.165, 1.54) is 0 Å². The second kappa shape index (κ2) is 7.53. The molecule has 1 aliphatic rings. The molecule has 0 amide bonds. The lowest BCUT2D eigenvalue weighted by Crippen LogP contribution is -2.32. The zero-order chi connectivity index (χ0) is 17.8. The third kappa shape index (κ3) is 3.58. The summed E-state index contributed by atoms with van der Waals surface area (Å²) >= 11 is 0. The number of nitrogens with zero attached hydrogens (tertiary/aromatic N) is 1. The lowest BCUT2D eigenvalue weighted by molar-refractivity contribution is -0.145. The molecule has 1 aliphatic heterocycles. The highest BCUT2D eigenvalue weighted by molar-refractivity contribution is 5.90. The first-order valence-electron chi connectivity index (χ1n) is 8.32. The summed E-state index contributed by atoms with van der Waals surface area (Å²) in [6.45, 7) is 6.57. The van der Waals surface area contributed by atoms with E-state index < -0.39 is 0 Å². The van der Waals surface area contributed by atoms with Crippen LogP contribution in [0.4, 0.5) is 0 Å². The van der Waals surface area contributed by atoms with E-state index in [1.54, 1.807) is 26.3 Å². The third-order valence-corrected chi connectivity index (χ3v) is 4.24. The van der Waals surface area contributed by atoms with Gasteiger partial charge in [-0.05, 0) is 30.5 Å². The molecule has 1 aromatic carbocycles. The summed E-state index contributed by atoms with van der Waals surface area (Å²) in [6.07, 6.45) is 3.86. The van der Waals surface area contributed by atoms with Crippen molar-refractivity contribution in [1.29, 1.82) is 0 Å². The number of hydrogen-bond donors (Lipinski definition) is 1. The van der Waals surface area contributed by atoms with Gasteiger partial charge in [0, 0.05) is 30.1 Å². The number of aromatic nitrogens is 1.